The molecule has 1 saturated heterocycles. The minimum Gasteiger partial charge on any atom is -0.504 e. The van der Waals surface area contributed by atoms with E-state index in [0.29, 0.717) is 32.4 Å². The van der Waals surface area contributed by atoms with Gasteiger partial charge in [-0.15, -0.1) is 0 Å². The summed E-state index contributed by atoms with van der Waals surface area (Å²) >= 11 is 5.24. The first kappa shape index (κ1) is 25.2. The summed E-state index contributed by atoms with van der Waals surface area (Å²) in [7, 11) is 1.45. The Morgan fingerprint density at radius 3 is 2.50 bits per heavy atom. The van der Waals surface area contributed by atoms with Gasteiger partial charge in [-0.05, 0) is 87.1 Å². The Morgan fingerprint density at radius 2 is 1.79 bits per heavy atom. The van der Waals surface area contributed by atoms with Crippen molar-refractivity contribution < 1.29 is 29.0 Å². The first-order chi connectivity index (χ1) is 18.2. The van der Waals surface area contributed by atoms with Gasteiger partial charge in [0.25, 0.3) is 0 Å². The summed E-state index contributed by atoms with van der Waals surface area (Å²) < 4.78 is 6.10. The molecule has 4 atom stereocenters. The molecule has 0 bridgehead atoms. The molecule has 1 N–H and O–H groups in total. The van der Waals surface area contributed by atoms with Crippen molar-refractivity contribution in [1.82, 2.24) is 0 Å². The highest BCUT2D eigenvalue weighted by molar-refractivity contribution is 14.1. The zero-order valence-electron chi connectivity index (χ0n) is 20.1. The number of phenols is 1. The van der Waals surface area contributed by atoms with Crippen LogP contribution < -0.4 is 9.64 Å². The number of rotatable bonds is 3. The average Bonchev–Trinajstić information content (AvgIpc) is 3.17. The first-order valence-corrected chi connectivity index (χ1v) is 14.0. The standard InChI is InChI=1S/C29H21BrINO6/c1-38-22-10-13(9-20(31)27(22)35)23-15-7-8-16-24(29(37)32(28(16)36)14-5-3-2-4-6-14)17(15)11-18-25(23)21(33)12-19(30)26(18)34/h2-7,9-10,12,16-17,23-24,35H,8,11H2,1H3/t16-,17+,23-,24-/m0/s1. The zero-order chi connectivity index (χ0) is 26.9. The number of benzene rings is 2. The molecule has 0 aromatic heterocycles. The third-order valence-electron chi connectivity index (χ3n) is 7.95. The highest BCUT2D eigenvalue weighted by Gasteiger charge is 2.56. The van der Waals surface area contributed by atoms with Gasteiger partial charge in [-0.3, -0.25) is 24.1 Å². The molecule has 1 heterocycles. The van der Waals surface area contributed by atoms with E-state index < -0.39 is 23.7 Å². The fourth-order valence-corrected chi connectivity index (χ4v) is 7.41. The summed E-state index contributed by atoms with van der Waals surface area (Å²) in [6.45, 7) is 0. The number of methoxy groups -OCH3 is 1. The molecule has 9 heteroatoms. The second kappa shape index (κ2) is 9.30. The lowest BCUT2D eigenvalue weighted by Crippen LogP contribution is -2.39. The van der Waals surface area contributed by atoms with Gasteiger partial charge in [0.15, 0.2) is 23.1 Å². The Morgan fingerprint density at radius 1 is 1.05 bits per heavy atom. The summed E-state index contributed by atoms with van der Waals surface area (Å²) in [6, 6.07) is 12.3. The smallest absolute Gasteiger partial charge is 0.238 e. The van der Waals surface area contributed by atoms with E-state index in [9.17, 15) is 24.3 Å². The number of aromatic hydroxyl groups is 1. The van der Waals surface area contributed by atoms with Crippen molar-refractivity contribution in [2.75, 3.05) is 12.0 Å². The van der Waals surface area contributed by atoms with E-state index in [-0.39, 0.29) is 45.8 Å². The van der Waals surface area contributed by atoms with Crippen molar-refractivity contribution in [1.29, 1.82) is 0 Å². The lowest BCUT2D eigenvalue weighted by atomic mass is 9.59. The Labute approximate surface area is 240 Å². The SMILES string of the molecule is COc1cc([C@H]2C3=CC[C@@H]4C(=O)N(c5ccccc5)C(=O)[C@@H]4[C@@H]3CC3=C2C(=O)C=C(Br)C3=O)cc(I)c1O. The number of ether oxygens (including phenoxy) is 1. The van der Waals surface area contributed by atoms with Crippen LogP contribution in [0.5, 0.6) is 11.5 Å². The Kier molecular flexibility index (Phi) is 6.18. The van der Waals surface area contributed by atoms with Crippen LogP contribution >= 0.6 is 38.5 Å². The predicted octanol–water partition coefficient (Wildman–Crippen LogP) is 4.97. The van der Waals surface area contributed by atoms with Crippen LogP contribution in [0, 0.1) is 21.3 Å². The van der Waals surface area contributed by atoms with Crippen molar-refractivity contribution in [2.45, 2.75) is 18.8 Å². The number of amides is 2. The van der Waals surface area contributed by atoms with Gasteiger partial charge < -0.3 is 9.84 Å². The van der Waals surface area contributed by atoms with Gasteiger partial charge in [0.2, 0.25) is 11.8 Å². The van der Waals surface area contributed by atoms with Gasteiger partial charge in [0, 0.05) is 23.1 Å². The number of anilines is 1. The zero-order valence-corrected chi connectivity index (χ0v) is 23.9. The van der Waals surface area contributed by atoms with Gasteiger partial charge in [0.05, 0.1) is 32.7 Å². The Hall–Kier alpha value is -3.05. The third-order valence-corrected chi connectivity index (χ3v) is 9.36. The summed E-state index contributed by atoms with van der Waals surface area (Å²) in [5, 5.41) is 10.5. The number of hydrogen-bond acceptors (Lipinski definition) is 6. The fraction of sp³-hybridized carbons (Fsp3) is 0.241. The van der Waals surface area contributed by atoms with Crippen LogP contribution in [-0.2, 0) is 19.2 Å². The maximum Gasteiger partial charge on any atom is 0.238 e. The van der Waals surface area contributed by atoms with Crippen LogP contribution in [0.15, 0.2) is 75.8 Å². The van der Waals surface area contributed by atoms with Crippen molar-refractivity contribution in [2.24, 2.45) is 17.8 Å². The van der Waals surface area contributed by atoms with Crippen LogP contribution in [0.2, 0.25) is 0 Å². The van der Waals surface area contributed by atoms with Crippen LogP contribution in [-0.4, -0.2) is 35.6 Å². The molecule has 0 radical (unpaired) electrons. The monoisotopic (exact) mass is 685 g/mol. The third kappa shape index (κ3) is 3.65. The summed E-state index contributed by atoms with van der Waals surface area (Å²) in [5.41, 5.74) is 2.78. The molecule has 6 rings (SSSR count). The number of halogens is 2. The van der Waals surface area contributed by atoms with Crippen molar-refractivity contribution >= 4 is 67.6 Å². The van der Waals surface area contributed by atoms with Crippen molar-refractivity contribution in [3.05, 3.63) is 85.0 Å². The molecule has 4 aliphatic rings. The van der Waals surface area contributed by atoms with Crippen LogP contribution in [0.25, 0.3) is 0 Å². The van der Waals surface area contributed by atoms with E-state index in [1.807, 2.05) is 34.7 Å². The maximum atomic E-state index is 13.9. The summed E-state index contributed by atoms with van der Waals surface area (Å²) in [4.78, 5) is 55.3. The quantitative estimate of drug-likeness (QED) is 0.212. The van der Waals surface area contributed by atoms with Crippen LogP contribution in [0.3, 0.4) is 0 Å². The predicted molar refractivity (Wildman–Crippen MR) is 151 cm³/mol. The number of carbonyl (C=O) groups excluding carboxylic acids is 4. The molecule has 7 nitrogen and oxygen atoms in total. The van der Waals surface area contributed by atoms with E-state index in [1.54, 1.807) is 36.4 Å². The first-order valence-electron chi connectivity index (χ1n) is 12.1. The molecular weight excluding hydrogens is 665 g/mol. The van der Waals surface area contributed by atoms with E-state index in [1.165, 1.54) is 18.1 Å². The normalized spacial score (nSPS) is 26.6. The molecule has 192 valence electrons. The van der Waals surface area contributed by atoms with Gasteiger partial charge in [-0.2, -0.15) is 0 Å². The second-order valence-electron chi connectivity index (χ2n) is 9.79. The molecule has 0 saturated carbocycles. The van der Waals surface area contributed by atoms with Gasteiger partial charge in [-0.1, -0.05) is 29.8 Å². The summed E-state index contributed by atoms with van der Waals surface area (Å²) in [5.74, 6) is -3.10. The molecule has 1 aliphatic heterocycles. The number of imide groups is 1. The highest BCUT2D eigenvalue weighted by Crippen LogP contribution is 2.56. The van der Waals surface area contributed by atoms with Crippen molar-refractivity contribution in [3.8, 4) is 11.5 Å². The molecule has 38 heavy (non-hydrogen) atoms. The number of ketones is 2. The second-order valence-corrected chi connectivity index (χ2v) is 11.8. The van der Waals surface area contributed by atoms with Crippen LogP contribution in [0.4, 0.5) is 5.69 Å². The van der Waals surface area contributed by atoms with E-state index in [2.05, 4.69) is 15.9 Å². The average molecular weight is 686 g/mol. The minimum atomic E-state index is -0.648. The van der Waals surface area contributed by atoms with Gasteiger partial charge in [0.1, 0.15) is 0 Å². The van der Waals surface area contributed by atoms with E-state index >= 15 is 0 Å². The number of Topliss-reactive ketones (excluding diaryl/α,β-unsaturated/α-hetero) is 1. The van der Waals surface area contributed by atoms with Gasteiger partial charge >= 0.3 is 0 Å². The topological polar surface area (TPSA) is 101 Å². The number of phenolic OH excluding ortho intramolecular Hbond substituents is 1. The number of hydrogen-bond donors (Lipinski definition) is 1. The molecule has 1 fully saturated rings. The molecule has 2 aromatic rings. The maximum absolute atomic E-state index is 13.9. The van der Waals surface area contributed by atoms with E-state index in [0.717, 1.165) is 5.57 Å². The molecule has 0 spiro atoms. The molecule has 3 aliphatic carbocycles. The lowest BCUT2D eigenvalue weighted by Gasteiger charge is -2.42. The number of fused-ring (bicyclic) bond motifs is 3. The molecule has 2 amide bonds. The Balaban J connectivity index is 1.52. The number of carbonyl (C=O) groups is 4. The number of allylic oxidation sites excluding steroid dienone is 6. The van der Waals surface area contributed by atoms with Crippen molar-refractivity contribution in [3.63, 3.8) is 0 Å². The molecule has 2 aromatic carbocycles. The lowest BCUT2D eigenvalue weighted by molar-refractivity contribution is -0.123. The number of nitrogens with zero attached hydrogens (tertiary/aromatic N) is 1. The largest absolute Gasteiger partial charge is 0.504 e. The van der Waals surface area contributed by atoms with Crippen LogP contribution in [0.1, 0.15) is 24.3 Å². The number of para-hydroxylation sites is 1. The Bertz CT molecular complexity index is 1540. The van der Waals surface area contributed by atoms with Gasteiger partial charge in [-0.25, -0.2) is 0 Å². The molecular formula is C29H21BrINO6. The minimum absolute atomic E-state index is 0.0140. The van der Waals surface area contributed by atoms with E-state index in [4.69, 9.17) is 4.74 Å². The summed E-state index contributed by atoms with van der Waals surface area (Å²) in [6.07, 6.45) is 3.82. The molecule has 0 unspecified atom stereocenters. The fourth-order valence-electron chi connectivity index (χ4n) is 6.33. The highest BCUT2D eigenvalue weighted by atomic mass is 127.